The van der Waals surface area contributed by atoms with Gasteiger partial charge in [0, 0.05) is 18.7 Å². The van der Waals surface area contributed by atoms with Crippen LogP contribution < -0.4 is 9.47 Å². The molecule has 6 nitrogen and oxygen atoms in total. The Bertz CT molecular complexity index is 634. The Morgan fingerprint density at radius 1 is 1.28 bits per heavy atom. The van der Waals surface area contributed by atoms with Gasteiger partial charge in [0.15, 0.2) is 11.5 Å². The van der Waals surface area contributed by atoms with Crippen LogP contribution in [-0.2, 0) is 9.53 Å². The SMILES string of the molecule is CCOC(=O)[C@@H]1CCCN(C(=O)c2cc(Br)c(OCC)c(OC)c2)C1. The van der Waals surface area contributed by atoms with Crippen LogP contribution in [0.25, 0.3) is 0 Å². The molecule has 1 atom stereocenters. The Hall–Kier alpha value is -1.76. The maximum absolute atomic E-state index is 12.9. The number of amides is 1. The molecule has 1 heterocycles. The summed E-state index contributed by atoms with van der Waals surface area (Å²) in [7, 11) is 1.54. The van der Waals surface area contributed by atoms with E-state index < -0.39 is 0 Å². The van der Waals surface area contributed by atoms with E-state index in [1.165, 1.54) is 7.11 Å². The smallest absolute Gasteiger partial charge is 0.310 e. The fourth-order valence-electron chi connectivity index (χ4n) is 2.92. The van der Waals surface area contributed by atoms with Gasteiger partial charge in [-0.05, 0) is 54.8 Å². The average molecular weight is 414 g/mol. The molecule has 0 bridgehead atoms. The summed E-state index contributed by atoms with van der Waals surface area (Å²) < 4.78 is 16.7. The summed E-state index contributed by atoms with van der Waals surface area (Å²) in [6.45, 7) is 5.52. The van der Waals surface area contributed by atoms with E-state index in [0.29, 0.717) is 47.8 Å². The number of piperidine rings is 1. The van der Waals surface area contributed by atoms with Gasteiger partial charge in [-0.25, -0.2) is 0 Å². The number of methoxy groups -OCH3 is 1. The monoisotopic (exact) mass is 413 g/mol. The van der Waals surface area contributed by atoms with Crippen LogP contribution in [0.1, 0.15) is 37.0 Å². The molecule has 7 heteroatoms. The predicted molar refractivity (Wildman–Crippen MR) is 97.1 cm³/mol. The number of carbonyl (C=O) groups excluding carboxylic acids is 2. The largest absolute Gasteiger partial charge is 0.493 e. The third-order valence-corrected chi connectivity index (χ3v) is 4.68. The van der Waals surface area contributed by atoms with Gasteiger partial charge in [-0.2, -0.15) is 0 Å². The molecule has 1 saturated heterocycles. The van der Waals surface area contributed by atoms with Gasteiger partial charge in [-0.15, -0.1) is 0 Å². The normalized spacial score (nSPS) is 17.1. The maximum atomic E-state index is 12.9. The van der Waals surface area contributed by atoms with Gasteiger partial charge in [0.1, 0.15) is 0 Å². The molecule has 0 N–H and O–H groups in total. The maximum Gasteiger partial charge on any atom is 0.310 e. The van der Waals surface area contributed by atoms with E-state index in [1.54, 1.807) is 24.0 Å². The second-order valence-corrected chi connectivity index (χ2v) is 6.62. The van der Waals surface area contributed by atoms with Crippen molar-refractivity contribution in [2.24, 2.45) is 5.92 Å². The molecular formula is C18H24BrNO5. The van der Waals surface area contributed by atoms with E-state index >= 15 is 0 Å². The first-order chi connectivity index (χ1) is 12.0. The Balaban J connectivity index is 2.19. The summed E-state index contributed by atoms with van der Waals surface area (Å²) in [5, 5.41) is 0. The zero-order valence-electron chi connectivity index (χ0n) is 14.8. The fourth-order valence-corrected chi connectivity index (χ4v) is 3.48. The fraction of sp³-hybridized carbons (Fsp3) is 0.556. The minimum Gasteiger partial charge on any atom is -0.493 e. The Kier molecular flexibility index (Phi) is 7.11. The molecule has 0 unspecified atom stereocenters. The van der Waals surface area contributed by atoms with Crippen LogP contribution in [0.5, 0.6) is 11.5 Å². The van der Waals surface area contributed by atoms with Gasteiger partial charge in [0.2, 0.25) is 0 Å². The lowest BCUT2D eigenvalue weighted by Gasteiger charge is -2.31. The van der Waals surface area contributed by atoms with Crippen LogP contribution in [0.4, 0.5) is 0 Å². The summed E-state index contributed by atoms with van der Waals surface area (Å²) in [5.74, 6) is 0.454. The molecule has 138 valence electrons. The number of hydrogen-bond acceptors (Lipinski definition) is 5. The summed E-state index contributed by atoms with van der Waals surface area (Å²) in [6.07, 6.45) is 1.53. The van der Waals surface area contributed by atoms with Crippen molar-refractivity contribution in [2.45, 2.75) is 26.7 Å². The van der Waals surface area contributed by atoms with Crippen molar-refractivity contribution in [3.63, 3.8) is 0 Å². The number of esters is 1. The Labute approximate surface area is 156 Å². The van der Waals surface area contributed by atoms with Crippen LogP contribution >= 0.6 is 15.9 Å². The van der Waals surface area contributed by atoms with Crippen LogP contribution in [0.15, 0.2) is 16.6 Å². The molecule has 1 aromatic rings. The van der Waals surface area contributed by atoms with Gasteiger partial charge in [0.05, 0.1) is 30.7 Å². The highest BCUT2D eigenvalue weighted by atomic mass is 79.9. The van der Waals surface area contributed by atoms with E-state index in [1.807, 2.05) is 6.92 Å². The molecule has 1 fully saturated rings. The van der Waals surface area contributed by atoms with Gasteiger partial charge >= 0.3 is 5.97 Å². The second-order valence-electron chi connectivity index (χ2n) is 5.76. The summed E-state index contributed by atoms with van der Waals surface area (Å²) in [5.41, 5.74) is 0.497. The lowest BCUT2D eigenvalue weighted by Crippen LogP contribution is -2.42. The molecule has 0 aliphatic carbocycles. The molecular weight excluding hydrogens is 390 g/mol. The number of hydrogen-bond donors (Lipinski definition) is 0. The number of likely N-dealkylation sites (tertiary alicyclic amines) is 1. The zero-order valence-corrected chi connectivity index (χ0v) is 16.4. The molecule has 0 radical (unpaired) electrons. The first kappa shape index (κ1) is 19.6. The van der Waals surface area contributed by atoms with E-state index in [-0.39, 0.29) is 17.8 Å². The third-order valence-electron chi connectivity index (χ3n) is 4.09. The molecule has 1 aromatic carbocycles. The number of rotatable bonds is 6. The van der Waals surface area contributed by atoms with Crippen molar-refractivity contribution in [2.75, 3.05) is 33.4 Å². The first-order valence-electron chi connectivity index (χ1n) is 8.48. The molecule has 1 aliphatic rings. The Morgan fingerprint density at radius 2 is 2.04 bits per heavy atom. The highest BCUT2D eigenvalue weighted by Gasteiger charge is 2.30. The number of benzene rings is 1. The zero-order chi connectivity index (χ0) is 18.4. The van der Waals surface area contributed by atoms with E-state index in [9.17, 15) is 9.59 Å². The van der Waals surface area contributed by atoms with Crippen molar-refractivity contribution >= 4 is 27.8 Å². The van der Waals surface area contributed by atoms with Gasteiger partial charge in [0.25, 0.3) is 5.91 Å². The van der Waals surface area contributed by atoms with Crippen molar-refractivity contribution in [1.29, 1.82) is 0 Å². The van der Waals surface area contributed by atoms with Crippen molar-refractivity contribution in [1.82, 2.24) is 4.90 Å². The van der Waals surface area contributed by atoms with E-state index in [0.717, 1.165) is 12.8 Å². The summed E-state index contributed by atoms with van der Waals surface area (Å²) in [4.78, 5) is 26.5. The summed E-state index contributed by atoms with van der Waals surface area (Å²) in [6, 6.07) is 3.40. The Morgan fingerprint density at radius 3 is 2.68 bits per heavy atom. The predicted octanol–water partition coefficient (Wildman–Crippen LogP) is 3.27. The van der Waals surface area contributed by atoms with Crippen LogP contribution in [0, 0.1) is 5.92 Å². The van der Waals surface area contributed by atoms with Crippen molar-refractivity contribution in [3.05, 3.63) is 22.2 Å². The van der Waals surface area contributed by atoms with Gasteiger partial charge < -0.3 is 19.1 Å². The van der Waals surface area contributed by atoms with Gasteiger partial charge in [-0.1, -0.05) is 0 Å². The summed E-state index contributed by atoms with van der Waals surface area (Å²) >= 11 is 3.44. The number of nitrogens with zero attached hydrogens (tertiary/aromatic N) is 1. The molecule has 2 rings (SSSR count). The highest BCUT2D eigenvalue weighted by Crippen LogP contribution is 2.37. The molecule has 0 saturated carbocycles. The average Bonchev–Trinajstić information content (AvgIpc) is 2.63. The first-order valence-corrected chi connectivity index (χ1v) is 9.27. The quantitative estimate of drug-likeness (QED) is 0.669. The lowest BCUT2D eigenvalue weighted by molar-refractivity contribution is -0.149. The molecule has 0 aromatic heterocycles. The number of carbonyl (C=O) groups is 2. The van der Waals surface area contributed by atoms with Crippen LogP contribution in [-0.4, -0.2) is 50.2 Å². The second kappa shape index (κ2) is 9.08. The standard InChI is InChI=1S/C18H24BrNO5/c1-4-24-16-14(19)9-13(10-15(16)23-3)17(21)20-8-6-7-12(11-20)18(22)25-5-2/h9-10,12H,4-8,11H2,1-3H3/t12-/m1/s1. The van der Waals surface area contributed by atoms with Gasteiger partial charge in [-0.3, -0.25) is 9.59 Å². The number of halogens is 1. The van der Waals surface area contributed by atoms with Crippen LogP contribution in [0.2, 0.25) is 0 Å². The lowest BCUT2D eigenvalue weighted by atomic mass is 9.97. The van der Waals surface area contributed by atoms with Crippen LogP contribution in [0.3, 0.4) is 0 Å². The number of ether oxygens (including phenoxy) is 3. The minimum atomic E-state index is -0.259. The van der Waals surface area contributed by atoms with Crippen molar-refractivity contribution in [3.8, 4) is 11.5 Å². The topological polar surface area (TPSA) is 65.1 Å². The molecule has 1 aliphatic heterocycles. The van der Waals surface area contributed by atoms with E-state index in [2.05, 4.69) is 15.9 Å². The molecule has 25 heavy (non-hydrogen) atoms. The molecule has 0 spiro atoms. The molecule has 1 amide bonds. The minimum absolute atomic E-state index is 0.129. The van der Waals surface area contributed by atoms with E-state index in [4.69, 9.17) is 14.2 Å². The van der Waals surface area contributed by atoms with Crippen molar-refractivity contribution < 1.29 is 23.8 Å². The highest BCUT2D eigenvalue weighted by molar-refractivity contribution is 9.10. The third kappa shape index (κ3) is 4.66.